The Morgan fingerprint density at radius 2 is 1.78 bits per heavy atom. The molecule has 0 saturated carbocycles. The van der Waals surface area contributed by atoms with Gasteiger partial charge in [-0.05, 0) is 55.3 Å². The van der Waals surface area contributed by atoms with Crippen LogP contribution in [-0.2, 0) is 0 Å². The zero-order chi connectivity index (χ0) is 13.1. The van der Waals surface area contributed by atoms with Crippen LogP contribution in [0.3, 0.4) is 0 Å². The summed E-state index contributed by atoms with van der Waals surface area (Å²) in [6.07, 6.45) is 0. The second kappa shape index (κ2) is 5.08. The van der Waals surface area contributed by atoms with Crippen LogP contribution in [0, 0.1) is 12.7 Å². The van der Waals surface area contributed by atoms with E-state index < -0.39 is 0 Å². The number of anilines is 1. The fourth-order valence-electron chi connectivity index (χ4n) is 1.92. The van der Waals surface area contributed by atoms with Gasteiger partial charge in [0.05, 0.1) is 0 Å². The molecule has 1 atom stereocenters. The average molecular weight is 245 g/mol. The molecule has 0 aromatic heterocycles. The van der Waals surface area contributed by atoms with Gasteiger partial charge in [0.1, 0.15) is 11.6 Å². The van der Waals surface area contributed by atoms with Gasteiger partial charge in [-0.15, -0.1) is 0 Å². The minimum atomic E-state index is -0.240. The molecule has 0 saturated heterocycles. The Bertz CT molecular complexity index is 516. The number of hydrogen-bond donors (Lipinski definition) is 2. The molecule has 0 aliphatic rings. The molecule has 0 aliphatic carbocycles. The van der Waals surface area contributed by atoms with Crippen molar-refractivity contribution < 1.29 is 9.50 Å². The Kier molecular flexibility index (Phi) is 3.51. The highest BCUT2D eigenvalue weighted by Gasteiger charge is 2.06. The van der Waals surface area contributed by atoms with Gasteiger partial charge in [0.15, 0.2) is 0 Å². The number of benzene rings is 2. The Labute approximate surface area is 106 Å². The Hall–Kier alpha value is -2.03. The molecule has 18 heavy (non-hydrogen) atoms. The summed E-state index contributed by atoms with van der Waals surface area (Å²) in [5.74, 6) is 0.00274. The van der Waals surface area contributed by atoms with Gasteiger partial charge in [-0.3, -0.25) is 0 Å². The molecule has 0 aliphatic heterocycles. The van der Waals surface area contributed by atoms with E-state index in [2.05, 4.69) is 5.32 Å². The van der Waals surface area contributed by atoms with E-state index >= 15 is 0 Å². The first-order valence-corrected chi connectivity index (χ1v) is 5.87. The highest BCUT2D eigenvalue weighted by Crippen LogP contribution is 2.22. The SMILES string of the molecule is Cc1cc(F)cc(NC(C)c2ccc(O)cc2)c1. The van der Waals surface area contributed by atoms with Crippen LogP contribution in [0.25, 0.3) is 0 Å². The van der Waals surface area contributed by atoms with Crippen LogP contribution >= 0.6 is 0 Å². The predicted molar refractivity (Wildman–Crippen MR) is 71.3 cm³/mol. The fraction of sp³-hybridized carbons (Fsp3) is 0.200. The van der Waals surface area contributed by atoms with Crippen LogP contribution in [0.1, 0.15) is 24.1 Å². The molecule has 0 bridgehead atoms. The van der Waals surface area contributed by atoms with Crippen molar-refractivity contribution in [3.8, 4) is 5.75 Å². The molecular weight excluding hydrogens is 229 g/mol. The standard InChI is InChI=1S/C15H16FNO/c1-10-7-13(16)9-14(8-10)17-11(2)12-3-5-15(18)6-4-12/h3-9,11,17-18H,1-2H3. The Balaban J connectivity index is 2.15. The lowest BCUT2D eigenvalue weighted by Crippen LogP contribution is -2.06. The van der Waals surface area contributed by atoms with Gasteiger partial charge in [0.2, 0.25) is 0 Å². The van der Waals surface area contributed by atoms with Crippen LogP contribution in [0.2, 0.25) is 0 Å². The van der Waals surface area contributed by atoms with Crippen molar-refractivity contribution in [1.29, 1.82) is 0 Å². The monoisotopic (exact) mass is 245 g/mol. The summed E-state index contributed by atoms with van der Waals surface area (Å²) in [6.45, 7) is 3.85. The molecule has 0 fully saturated rings. The second-order valence-corrected chi connectivity index (χ2v) is 4.47. The summed E-state index contributed by atoms with van der Waals surface area (Å²) in [7, 11) is 0. The number of aromatic hydroxyl groups is 1. The maximum atomic E-state index is 13.3. The van der Waals surface area contributed by atoms with Crippen molar-refractivity contribution in [3.05, 3.63) is 59.4 Å². The minimum Gasteiger partial charge on any atom is -0.508 e. The van der Waals surface area contributed by atoms with Gasteiger partial charge in [0.25, 0.3) is 0 Å². The molecule has 0 radical (unpaired) electrons. The van der Waals surface area contributed by atoms with Crippen LogP contribution < -0.4 is 5.32 Å². The zero-order valence-electron chi connectivity index (χ0n) is 10.4. The third-order valence-electron chi connectivity index (χ3n) is 2.82. The van der Waals surface area contributed by atoms with Crippen molar-refractivity contribution in [3.63, 3.8) is 0 Å². The number of halogens is 1. The highest BCUT2D eigenvalue weighted by atomic mass is 19.1. The van der Waals surface area contributed by atoms with Crippen molar-refractivity contribution in [2.24, 2.45) is 0 Å². The third-order valence-corrected chi connectivity index (χ3v) is 2.82. The smallest absolute Gasteiger partial charge is 0.125 e. The minimum absolute atomic E-state index is 0.0480. The first kappa shape index (κ1) is 12.4. The number of rotatable bonds is 3. The summed E-state index contributed by atoms with van der Waals surface area (Å²) >= 11 is 0. The number of nitrogens with one attached hydrogen (secondary N) is 1. The third kappa shape index (κ3) is 3.00. The number of aryl methyl sites for hydroxylation is 1. The van der Waals surface area contributed by atoms with E-state index in [1.165, 1.54) is 12.1 Å². The maximum Gasteiger partial charge on any atom is 0.125 e. The van der Waals surface area contributed by atoms with E-state index in [0.29, 0.717) is 0 Å². The average Bonchev–Trinajstić information content (AvgIpc) is 2.28. The van der Waals surface area contributed by atoms with Crippen LogP contribution in [0.15, 0.2) is 42.5 Å². The van der Waals surface area contributed by atoms with Crippen LogP contribution in [-0.4, -0.2) is 5.11 Å². The molecule has 1 unspecified atom stereocenters. The number of phenolic OH excluding ortho intramolecular Hbond substituents is 1. The van der Waals surface area contributed by atoms with Gasteiger partial charge >= 0.3 is 0 Å². The lowest BCUT2D eigenvalue weighted by Gasteiger charge is -2.16. The number of phenols is 1. The summed E-state index contributed by atoms with van der Waals surface area (Å²) in [4.78, 5) is 0. The second-order valence-electron chi connectivity index (χ2n) is 4.47. The van der Waals surface area contributed by atoms with Crippen molar-refractivity contribution in [2.75, 3.05) is 5.32 Å². The van der Waals surface area contributed by atoms with E-state index in [0.717, 1.165) is 16.8 Å². The van der Waals surface area contributed by atoms with E-state index in [-0.39, 0.29) is 17.6 Å². The van der Waals surface area contributed by atoms with Gasteiger partial charge in [-0.2, -0.15) is 0 Å². The molecule has 2 aromatic rings. The van der Waals surface area contributed by atoms with E-state index in [9.17, 15) is 9.50 Å². The van der Waals surface area contributed by atoms with E-state index in [1.54, 1.807) is 12.1 Å². The number of hydrogen-bond acceptors (Lipinski definition) is 2. The lowest BCUT2D eigenvalue weighted by molar-refractivity contribution is 0.475. The summed E-state index contributed by atoms with van der Waals surface area (Å²) < 4.78 is 13.3. The summed E-state index contributed by atoms with van der Waals surface area (Å²) in [5.41, 5.74) is 2.68. The Morgan fingerprint density at radius 1 is 1.11 bits per heavy atom. The lowest BCUT2D eigenvalue weighted by atomic mass is 10.1. The van der Waals surface area contributed by atoms with E-state index in [1.807, 2.05) is 32.0 Å². The maximum absolute atomic E-state index is 13.3. The van der Waals surface area contributed by atoms with Gasteiger partial charge in [-0.1, -0.05) is 12.1 Å². The summed E-state index contributed by atoms with van der Waals surface area (Å²) in [6, 6.07) is 11.9. The molecule has 2 rings (SSSR count). The van der Waals surface area contributed by atoms with Gasteiger partial charge in [-0.25, -0.2) is 4.39 Å². The highest BCUT2D eigenvalue weighted by molar-refractivity contribution is 5.48. The van der Waals surface area contributed by atoms with Crippen LogP contribution in [0.5, 0.6) is 5.75 Å². The molecule has 2 N–H and O–H groups in total. The van der Waals surface area contributed by atoms with Gasteiger partial charge in [0, 0.05) is 11.7 Å². The quantitative estimate of drug-likeness (QED) is 0.856. The van der Waals surface area contributed by atoms with Crippen molar-refractivity contribution in [2.45, 2.75) is 19.9 Å². The normalized spacial score (nSPS) is 12.2. The molecule has 2 aromatic carbocycles. The van der Waals surface area contributed by atoms with Gasteiger partial charge < -0.3 is 10.4 Å². The largest absolute Gasteiger partial charge is 0.508 e. The predicted octanol–water partition coefficient (Wildman–Crippen LogP) is 4.01. The fourth-order valence-corrected chi connectivity index (χ4v) is 1.92. The first-order valence-electron chi connectivity index (χ1n) is 5.87. The zero-order valence-corrected chi connectivity index (χ0v) is 10.4. The molecule has 3 heteroatoms. The molecule has 2 nitrogen and oxygen atoms in total. The molecular formula is C15H16FNO. The molecule has 94 valence electrons. The van der Waals surface area contributed by atoms with Crippen molar-refractivity contribution >= 4 is 5.69 Å². The molecule has 0 heterocycles. The Morgan fingerprint density at radius 3 is 2.39 bits per heavy atom. The van der Waals surface area contributed by atoms with E-state index in [4.69, 9.17) is 0 Å². The molecule has 0 spiro atoms. The summed E-state index contributed by atoms with van der Waals surface area (Å²) in [5, 5.41) is 12.5. The molecule has 0 amide bonds. The van der Waals surface area contributed by atoms with Crippen molar-refractivity contribution in [1.82, 2.24) is 0 Å². The topological polar surface area (TPSA) is 32.3 Å². The first-order chi connectivity index (χ1) is 8.54. The van der Waals surface area contributed by atoms with Crippen LogP contribution in [0.4, 0.5) is 10.1 Å².